The predicted octanol–water partition coefficient (Wildman–Crippen LogP) is 18.3. The van der Waals surface area contributed by atoms with Gasteiger partial charge in [-0.25, -0.2) is 0 Å². The molecule has 0 radical (unpaired) electrons. The minimum atomic E-state index is 0.845. The van der Waals surface area contributed by atoms with Crippen LogP contribution in [0.5, 0.6) is 0 Å². The molecule has 0 unspecified atom stereocenters. The molecule has 4 aromatic heterocycles. The molecule has 0 saturated heterocycles. The summed E-state index contributed by atoms with van der Waals surface area (Å²) in [7, 11) is 0. The fraction of sp³-hybridized carbons (Fsp3) is 0. The standard InChI is InChI=1S/C62H34O4/c1-3-18-41-39(16-1)56(48-31-29-36(61-59(48)47-21-8-12-27-54(47)65-61)35-28-33-55-50(34-35)38-15-6-9-24-51(38)63-55)40-17-2-4-19-42(40)57(41)49-32-30-43(58-46-20-7-11-26-53(46)66-62(49)58)45-23-13-22-44-37-14-5-10-25-52(37)64-60(44)45/h1-34H. The lowest BCUT2D eigenvalue weighted by molar-refractivity contribution is 0.668. The van der Waals surface area contributed by atoms with Gasteiger partial charge in [-0.2, -0.15) is 0 Å². The van der Waals surface area contributed by atoms with Crippen molar-refractivity contribution in [2.45, 2.75) is 0 Å². The lowest BCUT2D eigenvalue weighted by atomic mass is 9.83. The summed E-state index contributed by atoms with van der Waals surface area (Å²) in [5, 5.41) is 13.3. The van der Waals surface area contributed by atoms with Crippen LogP contribution < -0.4 is 0 Å². The Kier molecular flexibility index (Phi) is 7.19. The molecule has 0 atom stereocenters. The molecule has 0 aliphatic heterocycles. The first-order valence-corrected chi connectivity index (χ1v) is 22.4. The van der Waals surface area contributed by atoms with Crippen LogP contribution >= 0.6 is 0 Å². The number of rotatable bonds is 4. The van der Waals surface area contributed by atoms with Gasteiger partial charge in [0, 0.05) is 65.3 Å². The molecular weight excluding hydrogens is 809 g/mol. The van der Waals surface area contributed by atoms with Gasteiger partial charge in [0.15, 0.2) is 0 Å². The average Bonchev–Trinajstić information content (AvgIpc) is 4.16. The molecule has 0 aliphatic carbocycles. The molecule has 0 bridgehead atoms. The van der Waals surface area contributed by atoms with E-state index in [2.05, 4.69) is 176 Å². The third-order valence-electron chi connectivity index (χ3n) is 13.9. The van der Waals surface area contributed by atoms with Gasteiger partial charge in [0.2, 0.25) is 0 Å². The second-order valence-corrected chi connectivity index (χ2v) is 17.4. The van der Waals surface area contributed by atoms with E-state index in [-0.39, 0.29) is 0 Å². The molecule has 0 N–H and O–H groups in total. The van der Waals surface area contributed by atoms with Gasteiger partial charge < -0.3 is 17.7 Å². The van der Waals surface area contributed by atoms with Crippen molar-refractivity contribution in [2.75, 3.05) is 0 Å². The molecule has 15 aromatic rings. The second kappa shape index (κ2) is 13.3. The fourth-order valence-electron chi connectivity index (χ4n) is 11.1. The Morgan fingerprint density at radius 2 is 0.621 bits per heavy atom. The SMILES string of the molecule is c1ccc2c(c1)oc1ccc(-c3ccc(-c4c5ccccc5c(-c5ccc(-c6cccc7c6oc6ccccc67)c6c5oc5ccccc56)c5ccccc45)c4c3oc3ccccc34)cc12. The molecule has 4 nitrogen and oxygen atoms in total. The summed E-state index contributed by atoms with van der Waals surface area (Å²) in [6, 6.07) is 73.0. The maximum absolute atomic E-state index is 7.03. The smallest absolute Gasteiger partial charge is 0.143 e. The second-order valence-electron chi connectivity index (χ2n) is 17.4. The third-order valence-corrected chi connectivity index (χ3v) is 13.9. The van der Waals surface area contributed by atoms with E-state index < -0.39 is 0 Å². The van der Waals surface area contributed by atoms with Crippen LogP contribution in [0.25, 0.3) is 154 Å². The normalized spacial score (nSPS) is 12.2. The van der Waals surface area contributed by atoms with E-state index >= 15 is 0 Å². The van der Waals surface area contributed by atoms with Crippen molar-refractivity contribution in [3.63, 3.8) is 0 Å². The maximum atomic E-state index is 7.03. The van der Waals surface area contributed by atoms with Crippen molar-refractivity contribution in [1.82, 2.24) is 0 Å². The molecule has 0 amide bonds. The third kappa shape index (κ3) is 4.87. The summed E-state index contributed by atoms with van der Waals surface area (Å²) in [6.45, 7) is 0. The minimum absolute atomic E-state index is 0.845. The Morgan fingerprint density at radius 3 is 1.26 bits per heavy atom. The topological polar surface area (TPSA) is 52.6 Å². The van der Waals surface area contributed by atoms with Gasteiger partial charge in [-0.15, -0.1) is 0 Å². The Labute approximate surface area is 376 Å². The van der Waals surface area contributed by atoms with Gasteiger partial charge >= 0.3 is 0 Å². The molecular formula is C62H34O4. The van der Waals surface area contributed by atoms with Gasteiger partial charge in [-0.3, -0.25) is 0 Å². The maximum Gasteiger partial charge on any atom is 0.143 e. The van der Waals surface area contributed by atoms with Crippen molar-refractivity contribution in [1.29, 1.82) is 0 Å². The first-order valence-electron chi connectivity index (χ1n) is 22.4. The molecule has 0 fully saturated rings. The van der Waals surface area contributed by atoms with E-state index in [4.69, 9.17) is 17.7 Å². The number of furan rings is 4. The van der Waals surface area contributed by atoms with Crippen molar-refractivity contribution < 1.29 is 17.7 Å². The van der Waals surface area contributed by atoms with E-state index in [0.717, 1.165) is 148 Å². The summed E-state index contributed by atoms with van der Waals surface area (Å²) in [5.41, 5.74) is 15.6. The zero-order valence-corrected chi connectivity index (χ0v) is 35.3. The van der Waals surface area contributed by atoms with E-state index in [9.17, 15) is 0 Å². The molecule has 0 spiro atoms. The number of fused-ring (bicyclic) bond motifs is 14. The van der Waals surface area contributed by atoms with Crippen LogP contribution in [-0.4, -0.2) is 0 Å². The van der Waals surface area contributed by atoms with Crippen LogP contribution in [0.1, 0.15) is 0 Å². The van der Waals surface area contributed by atoms with Crippen molar-refractivity contribution in [2.24, 2.45) is 0 Å². The summed E-state index contributed by atoms with van der Waals surface area (Å²) in [6.07, 6.45) is 0. The highest BCUT2D eigenvalue weighted by Gasteiger charge is 2.26. The number of hydrogen-bond acceptors (Lipinski definition) is 4. The van der Waals surface area contributed by atoms with Gasteiger partial charge in [-0.1, -0.05) is 158 Å². The van der Waals surface area contributed by atoms with Gasteiger partial charge in [0.05, 0.1) is 0 Å². The lowest BCUT2D eigenvalue weighted by Crippen LogP contribution is -1.93. The molecule has 306 valence electrons. The molecule has 15 rings (SSSR count). The number of hydrogen-bond donors (Lipinski definition) is 0. The summed E-state index contributed by atoms with van der Waals surface area (Å²) >= 11 is 0. The summed E-state index contributed by atoms with van der Waals surface area (Å²) in [4.78, 5) is 0. The number of benzene rings is 11. The Morgan fingerprint density at radius 1 is 0.212 bits per heavy atom. The van der Waals surface area contributed by atoms with Crippen LogP contribution in [0, 0.1) is 0 Å². The molecule has 11 aromatic carbocycles. The van der Waals surface area contributed by atoms with Crippen molar-refractivity contribution >= 4 is 109 Å². The summed E-state index contributed by atoms with van der Waals surface area (Å²) < 4.78 is 26.8. The highest BCUT2D eigenvalue weighted by molar-refractivity contribution is 6.29. The Hall–Kier alpha value is -8.86. The van der Waals surface area contributed by atoms with Crippen LogP contribution in [0.2, 0.25) is 0 Å². The first-order chi connectivity index (χ1) is 32.7. The molecule has 0 saturated carbocycles. The zero-order chi connectivity index (χ0) is 43.0. The van der Waals surface area contributed by atoms with Crippen LogP contribution in [0.4, 0.5) is 0 Å². The monoisotopic (exact) mass is 842 g/mol. The van der Waals surface area contributed by atoms with Gasteiger partial charge in [0.1, 0.15) is 44.7 Å². The fourth-order valence-corrected chi connectivity index (χ4v) is 11.1. The van der Waals surface area contributed by atoms with Crippen LogP contribution in [-0.2, 0) is 0 Å². The quantitative estimate of drug-likeness (QED) is 0.166. The van der Waals surface area contributed by atoms with Crippen molar-refractivity contribution in [3.8, 4) is 44.5 Å². The highest BCUT2D eigenvalue weighted by Crippen LogP contribution is 2.52. The van der Waals surface area contributed by atoms with E-state index in [1.165, 1.54) is 5.56 Å². The lowest BCUT2D eigenvalue weighted by Gasteiger charge is -2.19. The van der Waals surface area contributed by atoms with E-state index in [1.54, 1.807) is 0 Å². The highest BCUT2D eigenvalue weighted by atomic mass is 16.3. The Balaban J connectivity index is 1.01. The summed E-state index contributed by atoms with van der Waals surface area (Å²) in [5.74, 6) is 0. The average molecular weight is 843 g/mol. The minimum Gasteiger partial charge on any atom is -0.456 e. The molecule has 4 heterocycles. The van der Waals surface area contributed by atoms with E-state index in [0.29, 0.717) is 0 Å². The Bertz CT molecular complexity index is 4480. The largest absolute Gasteiger partial charge is 0.456 e. The number of para-hydroxylation sites is 5. The molecule has 66 heavy (non-hydrogen) atoms. The van der Waals surface area contributed by atoms with Gasteiger partial charge in [-0.05, 0) is 92.3 Å². The van der Waals surface area contributed by atoms with Crippen LogP contribution in [0.3, 0.4) is 0 Å². The molecule has 4 heteroatoms. The predicted molar refractivity (Wildman–Crippen MR) is 272 cm³/mol. The zero-order valence-electron chi connectivity index (χ0n) is 35.3. The van der Waals surface area contributed by atoms with Gasteiger partial charge in [0.25, 0.3) is 0 Å². The van der Waals surface area contributed by atoms with E-state index in [1.807, 2.05) is 30.3 Å². The van der Waals surface area contributed by atoms with Crippen molar-refractivity contribution in [3.05, 3.63) is 206 Å². The van der Waals surface area contributed by atoms with Crippen LogP contribution in [0.15, 0.2) is 224 Å². The first kappa shape index (κ1) is 35.6. The molecule has 0 aliphatic rings.